The van der Waals surface area contributed by atoms with E-state index in [1.165, 1.54) is 6.42 Å². The number of nitrogens with zero attached hydrogens (tertiary/aromatic N) is 1. The lowest BCUT2D eigenvalue weighted by Crippen LogP contribution is -2.58. The third-order valence-corrected chi connectivity index (χ3v) is 6.23. The number of carbonyl (C=O) groups excluding carboxylic acids is 2. The minimum atomic E-state index is -0.240. The molecule has 0 aromatic carbocycles. The lowest BCUT2D eigenvalue weighted by molar-refractivity contribution is -0.134. The van der Waals surface area contributed by atoms with Crippen LogP contribution in [0, 0.1) is 11.8 Å². The van der Waals surface area contributed by atoms with Gasteiger partial charge in [-0.2, -0.15) is 0 Å². The first-order valence-electron chi connectivity index (χ1n) is 9.88. The second kappa shape index (κ2) is 8.47. The Bertz CT molecular complexity index is 486. The number of rotatable bonds is 3. The third-order valence-electron chi connectivity index (χ3n) is 6.23. The Morgan fingerprint density at radius 2 is 1.72 bits per heavy atom. The Morgan fingerprint density at radius 3 is 2.44 bits per heavy atom. The quantitative estimate of drug-likeness (QED) is 0.551. The van der Waals surface area contributed by atoms with Crippen molar-refractivity contribution in [2.24, 2.45) is 11.8 Å². The summed E-state index contributed by atoms with van der Waals surface area (Å²) in [6.07, 6.45) is 6.54. The van der Waals surface area contributed by atoms with Crippen LogP contribution in [0.5, 0.6) is 0 Å². The second-order valence-corrected chi connectivity index (χ2v) is 7.90. The van der Waals surface area contributed by atoms with Crippen molar-refractivity contribution < 1.29 is 9.59 Å². The Labute approximate surface area is 150 Å². The molecule has 4 N–H and O–H groups in total. The summed E-state index contributed by atoms with van der Waals surface area (Å²) in [6.45, 7) is 7.19. The van der Waals surface area contributed by atoms with Gasteiger partial charge in [0.2, 0.25) is 5.91 Å². The van der Waals surface area contributed by atoms with Crippen LogP contribution in [-0.4, -0.2) is 54.6 Å². The second-order valence-electron chi connectivity index (χ2n) is 7.90. The molecule has 5 atom stereocenters. The lowest BCUT2D eigenvalue weighted by atomic mass is 9.80. The molecule has 2 amide bonds. The molecule has 2 saturated heterocycles. The zero-order valence-corrected chi connectivity index (χ0v) is 15.5. The first-order chi connectivity index (χ1) is 12.1. The van der Waals surface area contributed by atoms with Gasteiger partial charge in [-0.05, 0) is 45.1 Å². The van der Waals surface area contributed by atoms with E-state index in [0.717, 1.165) is 51.7 Å². The van der Waals surface area contributed by atoms with Crippen LogP contribution in [-0.2, 0) is 9.59 Å². The number of carbonyl (C=O) groups is 2. The summed E-state index contributed by atoms with van der Waals surface area (Å²) >= 11 is 0. The molecule has 0 aromatic rings. The summed E-state index contributed by atoms with van der Waals surface area (Å²) in [6, 6.07) is 0.173. The van der Waals surface area contributed by atoms with Crippen molar-refractivity contribution in [3.05, 3.63) is 0 Å². The maximum Gasteiger partial charge on any atom is 0.255 e. The van der Waals surface area contributed by atoms with Gasteiger partial charge in [0, 0.05) is 25.0 Å². The highest BCUT2D eigenvalue weighted by Gasteiger charge is 2.34. The van der Waals surface area contributed by atoms with E-state index in [4.69, 9.17) is 0 Å². The molecule has 3 rings (SSSR count). The van der Waals surface area contributed by atoms with Gasteiger partial charge >= 0.3 is 0 Å². The SMILES string of the molecule is CC1CCCCC1C(=O)NNC(=O)C1CC(N2CCNC2C)CCN1. The fraction of sp³-hybridized carbons (Fsp3) is 0.889. The van der Waals surface area contributed by atoms with Crippen molar-refractivity contribution in [2.75, 3.05) is 19.6 Å². The van der Waals surface area contributed by atoms with Crippen molar-refractivity contribution in [2.45, 2.75) is 70.6 Å². The van der Waals surface area contributed by atoms with E-state index in [1.807, 2.05) is 0 Å². The fourth-order valence-electron chi connectivity index (χ4n) is 4.62. The monoisotopic (exact) mass is 351 g/mol. The highest BCUT2D eigenvalue weighted by molar-refractivity contribution is 5.86. The predicted octanol–water partition coefficient (Wildman–Crippen LogP) is 0.332. The molecule has 25 heavy (non-hydrogen) atoms. The molecule has 3 aliphatic rings. The fourth-order valence-corrected chi connectivity index (χ4v) is 4.62. The molecule has 0 aromatic heterocycles. The van der Waals surface area contributed by atoms with Gasteiger partial charge in [0.1, 0.15) is 0 Å². The summed E-state index contributed by atoms with van der Waals surface area (Å²) in [5.74, 6) is 0.260. The summed E-state index contributed by atoms with van der Waals surface area (Å²) in [7, 11) is 0. The molecule has 142 valence electrons. The van der Waals surface area contributed by atoms with E-state index in [0.29, 0.717) is 18.1 Å². The van der Waals surface area contributed by atoms with Gasteiger partial charge in [-0.3, -0.25) is 25.3 Å². The maximum atomic E-state index is 12.5. The number of amides is 2. The van der Waals surface area contributed by atoms with Gasteiger partial charge in [0.25, 0.3) is 5.91 Å². The average molecular weight is 351 g/mol. The first kappa shape index (κ1) is 18.6. The molecule has 0 radical (unpaired) electrons. The van der Waals surface area contributed by atoms with E-state index in [9.17, 15) is 9.59 Å². The van der Waals surface area contributed by atoms with Crippen molar-refractivity contribution in [3.8, 4) is 0 Å². The van der Waals surface area contributed by atoms with Crippen LogP contribution in [0.3, 0.4) is 0 Å². The van der Waals surface area contributed by atoms with E-state index in [2.05, 4.69) is 40.2 Å². The number of hydrogen-bond acceptors (Lipinski definition) is 5. The molecule has 7 heteroatoms. The van der Waals surface area contributed by atoms with E-state index in [1.54, 1.807) is 0 Å². The van der Waals surface area contributed by atoms with Gasteiger partial charge in [-0.1, -0.05) is 19.8 Å². The molecule has 1 aliphatic carbocycles. The Morgan fingerprint density at radius 1 is 0.960 bits per heavy atom. The van der Waals surface area contributed by atoms with Gasteiger partial charge in [0.15, 0.2) is 0 Å². The average Bonchev–Trinajstić information content (AvgIpc) is 3.06. The molecule has 2 aliphatic heterocycles. The molecular formula is C18H33N5O2. The largest absolute Gasteiger partial charge is 0.306 e. The van der Waals surface area contributed by atoms with Crippen LogP contribution in [0.15, 0.2) is 0 Å². The molecule has 2 heterocycles. The van der Waals surface area contributed by atoms with Crippen LogP contribution < -0.4 is 21.5 Å². The normalized spacial score (nSPS) is 36.8. The van der Waals surface area contributed by atoms with Crippen LogP contribution in [0.4, 0.5) is 0 Å². The third kappa shape index (κ3) is 4.51. The number of hydrazine groups is 1. The lowest BCUT2D eigenvalue weighted by Gasteiger charge is -2.37. The number of piperidine rings is 1. The predicted molar refractivity (Wildman–Crippen MR) is 96.4 cm³/mol. The maximum absolute atomic E-state index is 12.5. The highest BCUT2D eigenvalue weighted by Crippen LogP contribution is 2.29. The van der Waals surface area contributed by atoms with Crippen molar-refractivity contribution >= 4 is 11.8 Å². The Hall–Kier alpha value is -1.18. The van der Waals surface area contributed by atoms with Gasteiger partial charge < -0.3 is 10.6 Å². The number of nitrogens with one attached hydrogen (secondary N) is 4. The van der Waals surface area contributed by atoms with Crippen LogP contribution in [0.25, 0.3) is 0 Å². The molecule has 0 spiro atoms. The number of hydrogen-bond donors (Lipinski definition) is 4. The zero-order valence-electron chi connectivity index (χ0n) is 15.5. The summed E-state index contributed by atoms with van der Waals surface area (Å²) < 4.78 is 0. The minimum Gasteiger partial charge on any atom is -0.306 e. The van der Waals surface area contributed by atoms with Crippen LogP contribution >= 0.6 is 0 Å². The topological polar surface area (TPSA) is 85.5 Å². The van der Waals surface area contributed by atoms with Gasteiger partial charge in [0.05, 0.1) is 12.2 Å². The van der Waals surface area contributed by atoms with Crippen molar-refractivity contribution in [1.29, 1.82) is 0 Å². The smallest absolute Gasteiger partial charge is 0.255 e. The zero-order chi connectivity index (χ0) is 17.8. The molecule has 0 bridgehead atoms. The molecule has 3 fully saturated rings. The van der Waals surface area contributed by atoms with E-state index in [-0.39, 0.29) is 23.8 Å². The first-order valence-corrected chi connectivity index (χ1v) is 9.88. The van der Waals surface area contributed by atoms with Gasteiger partial charge in [-0.15, -0.1) is 0 Å². The Kier molecular flexibility index (Phi) is 6.30. The van der Waals surface area contributed by atoms with Crippen LogP contribution in [0.2, 0.25) is 0 Å². The Balaban J connectivity index is 1.46. The molecule has 1 saturated carbocycles. The summed E-state index contributed by atoms with van der Waals surface area (Å²) in [5.41, 5.74) is 5.33. The van der Waals surface area contributed by atoms with Crippen molar-refractivity contribution in [3.63, 3.8) is 0 Å². The highest BCUT2D eigenvalue weighted by atomic mass is 16.2. The summed E-state index contributed by atoms with van der Waals surface area (Å²) in [5, 5.41) is 6.73. The van der Waals surface area contributed by atoms with Crippen LogP contribution in [0.1, 0.15) is 52.4 Å². The molecule has 5 unspecified atom stereocenters. The van der Waals surface area contributed by atoms with Gasteiger partial charge in [-0.25, -0.2) is 0 Å². The summed E-state index contributed by atoms with van der Waals surface area (Å²) in [4.78, 5) is 27.3. The van der Waals surface area contributed by atoms with Crippen molar-refractivity contribution in [1.82, 2.24) is 26.4 Å². The minimum absolute atomic E-state index is 0.0256. The van der Waals surface area contributed by atoms with E-state index >= 15 is 0 Å². The standard InChI is InChI=1S/C18H33N5O2/c1-12-5-3-4-6-15(12)17(24)21-22-18(25)16-11-14(7-8-20-16)23-10-9-19-13(23)2/h12-16,19-20H,3-11H2,1-2H3,(H,21,24)(H,22,25). The molecular weight excluding hydrogens is 318 g/mol. The molecule has 7 nitrogen and oxygen atoms in total. The van der Waals surface area contributed by atoms with E-state index < -0.39 is 0 Å².